The van der Waals surface area contributed by atoms with Gasteiger partial charge in [-0.3, -0.25) is 0 Å². The van der Waals surface area contributed by atoms with Gasteiger partial charge in [0.25, 0.3) is 0 Å². The molecule has 2 aliphatic rings. The second kappa shape index (κ2) is 12.5. The third-order valence-corrected chi connectivity index (χ3v) is 17.4. The maximum absolute atomic E-state index is 6.78. The number of aromatic nitrogens is 1. The van der Waals surface area contributed by atoms with E-state index in [0.717, 1.165) is 17.0 Å². The minimum Gasteiger partial charge on any atom is -0.484 e. The van der Waals surface area contributed by atoms with E-state index >= 15 is 0 Å². The largest absolute Gasteiger partial charge is 0.484 e. The van der Waals surface area contributed by atoms with Crippen molar-refractivity contribution in [1.29, 1.82) is 0 Å². The fraction of sp³-hybridized carbons (Fsp3) is 0.0370. The smallest absolute Gasteiger partial charge is 0.179 e. The number of rotatable bonds is 5. The summed E-state index contributed by atoms with van der Waals surface area (Å²) in [4.78, 5) is 0. The van der Waals surface area contributed by atoms with Gasteiger partial charge < -0.3 is 9.30 Å². The van der Waals surface area contributed by atoms with E-state index in [0.29, 0.717) is 0 Å². The molecule has 1 aliphatic heterocycles. The number of benzene rings is 9. The van der Waals surface area contributed by atoms with E-state index in [9.17, 15) is 0 Å². The molecule has 1 aliphatic carbocycles. The van der Waals surface area contributed by atoms with Crippen molar-refractivity contribution in [3.05, 3.63) is 218 Å². The van der Waals surface area contributed by atoms with Gasteiger partial charge in [-0.2, -0.15) is 0 Å². The Hall–Kier alpha value is -6.94. The Morgan fingerprint density at radius 3 is 1.67 bits per heavy atom. The van der Waals surface area contributed by atoms with Gasteiger partial charge in [0, 0.05) is 22.6 Å². The molecular weight excluding hydrogens is 707 g/mol. The normalized spacial score (nSPS) is 16.1. The molecule has 2 atom stereocenters. The molecule has 0 spiro atoms. The van der Waals surface area contributed by atoms with E-state index in [-0.39, 0.29) is 12.0 Å². The maximum Gasteiger partial charge on any atom is 0.179 e. The zero-order valence-corrected chi connectivity index (χ0v) is 32.2. The Morgan fingerprint density at radius 1 is 0.404 bits per heavy atom. The van der Waals surface area contributed by atoms with Gasteiger partial charge in [-0.25, -0.2) is 0 Å². The molecule has 3 heteroatoms. The van der Waals surface area contributed by atoms with Crippen molar-refractivity contribution in [2.75, 3.05) is 0 Å². The highest BCUT2D eigenvalue weighted by Crippen LogP contribution is 2.48. The van der Waals surface area contributed by atoms with Gasteiger partial charge in [-0.1, -0.05) is 182 Å². The fourth-order valence-corrected chi connectivity index (χ4v) is 15.0. The van der Waals surface area contributed by atoms with E-state index in [2.05, 4.69) is 217 Å². The van der Waals surface area contributed by atoms with E-state index < -0.39 is 8.07 Å². The van der Waals surface area contributed by atoms with Crippen LogP contribution in [0.25, 0.3) is 59.8 Å². The maximum atomic E-state index is 6.78. The number of hydrogen-bond acceptors (Lipinski definition) is 1. The Kier molecular flexibility index (Phi) is 7.11. The molecule has 0 radical (unpaired) electrons. The Morgan fingerprint density at radius 2 is 0.965 bits per heavy atom. The lowest BCUT2D eigenvalue weighted by molar-refractivity contribution is 0.271. The quantitative estimate of drug-likeness (QED) is 0.0973. The van der Waals surface area contributed by atoms with Gasteiger partial charge in [-0.05, 0) is 83.4 Å². The third kappa shape index (κ3) is 4.64. The molecule has 0 fully saturated rings. The molecule has 0 saturated heterocycles. The van der Waals surface area contributed by atoms with Crippen LogP contribution in [0.15, 0.2) is 212 Å². The molecule has 10 aromatic rings. The Balaban J connectivity index is 1.16. The highest BCUT2D eigenvalue weighted by molar-refractivity contribution is 7.20. The first kappa shape index (κ1) is 32.3. The fourth-order valence-electron chi connectivity index (χ4n) is 10.2. The van der Waals surface area contributed by atoms with Crippen molar-refractivity contribution in [1.82, 2.24) is 4.57 Å². The summed E-state index contributed by atoms with van der Waals surface area (Å²) in [7, 11) is -2.94. The van der Waals surface area contributed by atoms with E-state index in [1.807, 2.05) is 0 Å². The number of hydrogen-bond donors (Lipinski definition) is 0. The lowest BCUT2D eigenvalue weighted by Gasteiger charge is -2.35. The van der Waals surface area contributed by atoms with Crippen LogP contribution in [-0.4, -0.2) is 18.7 Å². The van der Waals surface area contributed by atoms with Crippen molar-refractivity contribution < 1.29 is 4.74 Å². The van der Waals surface area contributed by atoms with Crippen LogP contribution in [0, 0.1) is 0 Å². The summed E-state index contributed by atoms with van der Waals surface area (Å²) >= 11 is 0. The molecule has 12 rings (SSSR count). The van der Waals surface area contributed by atoms with Crippen molar-refractivity contribution in [3.63, 3.8) is 0 Å². The molecule has 2 heterocycles. The second-order valence-corrected chi connectivity index (χ2v) is 19.3. The van der Waals surface area contributed by atoms with Gasteiger partial charge in [0.15, 0.2) is 8.07 Å². The van der Waals surface area contributed by atoms with Crippen molar-refractivity contribution >= 4 is 82.9 Å². The predicted molar refractivity (Wildman–Crippen MR) is 242 cm³/mol. The summed E-state index contributed by atoms with van der Waals surface area (Å²) in [5, 5.41) is 15.6. The van der Waals surface area contributed by atoms with Gasteiger partial charge in [0.2, 0.25) is 0 Å². The molecule has 1 aromatic heterocycles. The van der Waals surface area contributed by atoms with E-state index in [1.54, 1.807) is 0 Å². The molecule has 0 N–H and O–H groups in total. The molecule has 0 bridgehead atoms. The monoisotopic (exact) mass is 743 g/mol. The number of para-hydroxylation sites is 1. The Bertz CT molecular complexity index is 3210. The van der Waals surface area contributed by atoms with Crippen LogP contribution < -0.4 is 25.5 Å². The first-order valence-electron chi connectivity index (χ1n) is 19.9. The number of nitrogens with zero attached hydrogens (tertiary/aromatic N) is 1. The number of ether oxygens (including phenoxy) is 1. The summed E-state index contributed by atoms with van der Waals surface area (Å²) in [5.74, 6) is 1.25. The Labute approximate surface area is 332 Å². The zero-order chi connectivity index (χ0) is 37.5. The van der Waals surface area contributed by atoms with Crippen LogP contribution in [-0.2, 0) is 0 Å². The van der Waals surface area contributed by atoms with Gasteiger partial charge >= 0.3 is 0 Å². The summed E-state index contributed by atoms with van der Waals surface area (Å²) in [6, 6.07) is 70.6. The minimum absolute atomic E-state index is 0.0291. The van der Waals surface area contributed by atoms with Crippen molar-refractivity contribution in [2.45, 2.75) is 12.0 Å². The summed E-state index contributed by atoms with van der Waals surface area (Å²) in [5.41, 5.74) is 4.75. The molecule has 57 heavy (non-hydrogen) atoms. The lowest BCUT2D eigenvalue weighted by Crippen LogP contribution is -2.74. The molecule has 2 nitrogen and oxygen atoms in total. The highest BCUT2D eigenvalue weighted by atomic mass is 28.3. The summed E-state index contributed by atoms with van der Waals surface area (Å²) in [6.45, 7) is 0. The molecule has 0 saturated carbocycles. The minimum atomic E-state index is -2.94. The molecule has 2 unspecified atom stereocenters. The van der Waals surface area contributed by atoms with Crippen LogP contribution in [0.3, 0.4) is 0 Å². The summed E-state index contributed by atoms with van der Waals surface area (Å²) < 4.78 is 9.24. The second-order valence-electron chi connectivity index (χ2n) is 15.5. The van der Waals surface area contributed by atoms with Crippen LogP contribution in [0.2, 0.25) is 0 Å². The molecule has 9 aromatic carbocycles. The average Bonchev–Trinajstić information content (AvgIpc) is 3.84. The summed E-state index contributed by atoms with van der Waals surface area (Å²) in [6.07, 6.45) is 8.75. The average molecular weight is 744 g/mol. The standard InChI is InChI=1S/C54H37NOSi/c1-3-17-37(18-4-1)57(38-19-5-2-6-20-38,40-30-31-45-43-24-8-7-22-41(43)42-23-9-10-25-44(42)49(45)35-40)39-21-15-16-36(34-39)55-50-28-13-11-27-48(50)53-51(55)33-32-47-46-26-12-14-29-52(46)56-54(47)53/h1-35,46,52H. The zero-order valence-electron chi connectivity index (χ0n) is 31.2. The molecule has 268 valence electrons. The van der Waals surface area contributed by atoms with Crippen LogP contribution >= 0.6 is 0 Å². The highest BCUT2D eigenvalue weighted by Gasteiger charge is 2.42. The van der Waals surface area contributed by atoms with Crippen LogP contribution in [0.5, 0.6) is 5.75 Å². The first-order valence-corrected chi connectivity index (χ1v) is 21.9. The molecular formula is C54H37NOSi. The third-order valence-electron chi connectivity index (χ3n) is 12.6. The number of fused-ring (bicyclic) bond motifs is 13. The molecule has 0 amide bonds. The van der Waals surface area contributed by atoms with Gasteiger partial charge in [-0.15, -0.1) is 0 Å². The van der Waals surface area contributed by atoms with E-state index in [1.165, 1.54) is 74.9 Å². The van der Waals surface area contributed by atoms with Gasteiger partial charge in [0.05, 0.1) is 16.4 Å². The topological polar surface area (TPSA) is 14.2 Å². The van der Waals surface area contributed by atoms with E-state index in [4.69, 9.17) is 4.74 Å². The van der Waals surface area contributed by atoms with Crippen LogP contribution in [0.4, 0.5) is 0 Å². The predicted octanol–water partition coefficient (Wildman–Crippen LogP) is 10.6. The van der Waals surface area contributed by atoms with Gasteiger partial charge in [0.1, 0.15) is 11.9 Å². The van der Waals surface area contributed by atoms with Crippen molar-refractivity contribution in [3.8, 4) is 11.4 Å². The first-order chi connectivity index (χ1) is 28.3. The van der Waals surface area contributed by atoms with Crippen LogP contribution in [0.1, 0.15) is 11.5 Å². The van der Waals surface area contributed by atoms with Crippen molar-refractivity contribution in [2.24, 2.45) is 0 Å². The lowest BCUT2D eigenvalue weighted by atomic mass is 9.91. The SMILES string of the molecule is C1=CC2Oc3c(ccc4c3c3ccccc3n4-c3cccc([Si](c4ccccc4)(c4ccccc4)c4ccc5c6ccccc6c6ccccc6c5c4)c3)C2C=C1. The number of allylic oxidation sites excluding steroid dienone is 2.